The second kappa shape index (κ2) is 11.0. The summed E-state index contributed by atoms with van der Waals surface area (Å²) in [6, 6.07) is 17.7. The zero-order valence-corrected chi connectivity index (χ0v) is 25.4. The number of ether oxygens (including phenoxy) is 2. The number of nitrogens with zero attached hydrogens (tertiary/aromatic N) is 4. The zero-order valence-electron chi connectivity index (χ0n) is 24.6. The Balaban J connectivity index is 1.53. The van der Waals surface area contributed by atoms with E-state index in [1.165, 1.54) is 11.8 Å². The van der Waals surface area contributed by atoms with Gasteiger partial charge in [0.1, 0.15) is 16.3 Å². The maximum absolute atomic E-state index is 17.3. The molecule has 2 aliphatic heterocycles. The van der Waals surface area contributed by atoms with E-state index < -0.39 is 11.9 Å². The maximum atomic E-state index is 17.3. The number of hydrogen-bond acceptors (Lipinski definition) is 6. The first-order chi connectivity index (χ1) is 21.4. The van der Waals surface area contributed by atoms with Gasteiger partial charge in [-0.05, 0) is 72.2 Å². The molecule has 1 aliphatic carbocycles. The summed E-state index contributed by atoms with van der Waals surface area (Å²) >= 11 is 1.47. The Labute approximate surface area is 258 Å². The van der Waals surface area contributed by atoms with Gasteiger partial charge >= 0.3 is 6.09 Å². The monoisotopic (exact) mass is 610 g/mol. The van der Waals surface area contributed by atoms with Crippen LogP contribution in [-0.4, -0.2) is 58.4 Å². The maximum Gasteiger partial charge on any atom is 0.407 e. The van der Waals surface area contributed by atoms with E-state index in [0.29, 0.717) is 45.8 Å². The minimum absolute atomic E-state index is 0.0206. The van der Waals surface area contributed by atoms with Crippen LogP contribution in [0.15, 0.2) is 53.6 Å². The molecule has 3 aromatic carbocycles. The first kappa shape index (κ1) is 28.4. The molecule has 10 heteroatoms. The number of thioether (sulfide) groups is 1. The first-order valence-corrected chi connectivity index (χ1v) is 15.8. The van der Waals surface area contributed by atoms with Crippen LogP contribution in [0.4, 0.5) is 9.18 Å². The lowest BCUT2D eigenvalue weighted by atomic mass is 9.79. The van der Waals surface area contributed by atoms with Crippen LogP contribution in [0.1, 0.15) is 30.1 Å². The van der Waals surface area contributed by atoms with Crippen molar-refractivity contribution in [2.45, 2.75) is 43.3 Å². The van der Waals surface area contributed by atoms with Gasteiger partial charge in [0.05, 0.1) is 23.7 Å². The zero-order chi connectivity index (χ0) is 30.7. The predicted molar refractivity (Wildman–Crippen MR) is 169 cm³/mol. The van der Waals surface area contributed by atoms with E-state index in [2.05, 4.69) is 16.7 Å². The number of carbonyl (C=O) groups is 1. The highest BCUT2D eigenvalue weighted by Gasteiger charge is 2.55. The molecule has 5 aromatic rings. The Morgan fingerprint density at radius 3 is 2.75 bits per heavy atom. The van der Waals surface area contributed by atoms with Crippen molar-refractivity contribution in [2.24, 2.45) is 5.92 Å². The molecule has 8 rings (SSSR count). The van der Waals surface area contributed by atoms with Gasteiger partial charge in [0.15, 0.2) is 12.6 Å². The van der Waals surface area contributed by atoms with Crippen LogP contribution < -0.4 is 4.74 Å². The van der Waals surface area contributed by atoms with Gasteiger partial charge in [-0.25, -0.2) is 14.2 Å². The Kier molecular flexibility index (Phi) is 7.10. The summed E-state index contributed by atoms with van der Waals surface area (Å²) in [7, 11) is 1.55. The third kappa shape index (κ3) is 4.29. The fourth-order valence-corrected chi connectivity index (χ4v) is 7.90. The summed E-state index contributed by atoms with van der Waals surface area (Å²) in [5.74, 6) is 0.304. The number of aryl methyl sites for hydroxylation is 2. The highest BCUT2D eigenvalue weighted by Crippen LogP contribution is 2.52. The van der Waals surface area contributed by atoms with Gasteiger partial charge in [0.25, 0.3) is 0 Å². The number of aromatic nitrogens is 2. The quantitative estimate of drug-likeness (QED) is 0.143. The standard InChI is InChI=1S/C34H31FN4O4S/c1-18-11-26-32(39(18)31-21-14-27(31)38(16-21)34(40)41)25-13-20(8-6-10-36)28(29(35)30(25)37-33(26)44-3)24-15-22(43-17-42-2)12-19-7-4-5-9-23(19)24/h4-5,7,9,11-13,15,21,27,31H,6,8,14,16-17H2,1-3H3,(H,40,41)/t21-,27-,31+/m1/s1. The Morgan fingerprint density at radius 2 is 2.02 bits per heavy atom. The molecule has 4 heterocycles. The van der Waals surface area contributed by atoms with Crippen LogP contribution in [0.5, 0.6) is 5.75 Å². The molecular formula is C34H31FN4O4S. The summed E-state index contributed by atoms with van der Waals surface area (Å²) in [5, 5.41) is 23.4. The van der Waals surface area contributed by atoms with Crippen molar-refractivity contribution in [3.05, 3.63) is 65.6 Å². The number of methoxy groups -OCH3 is 1. The van der Waals surface area contributed by atoms with E-state index >= 15 is 4.39 Å². The normalized spacial score (nSPS) is 19.1. The smallest absolute Gasteiger partial charge is 0.407 e. The lowest BCUT2D eigenvalue weighted by Gasteiger charge is -2.38. The van der Waals surface area contributed by atoms with Crippen molar-refractivity contribution in [1.82, 2.24) is 14.5 Å². The molecule has 44 heavy (non-hydrogen) atoms. The first-order valence-electron chi connectivity index (χ1n) is 14.6. The minimum atomic E-state index is -0.899. The summed E-state index contributed by atoms with van der Waals surface area (Å²) in [6.07, 6.45) is 2.43. The Bertz CT molecular complexity index is 2020. The van der Waals surface area contributed by atoms with Crippen molar-refractivity contribution in [2.75, 3.05) is 26.7 Å². The van der Waals surface area contributed by atoms with Crippen LogP contribution in [-0.2, 0) is 11.2 Å². The molecule has 2 saturated heterocycles. The van der Waals surface area contributed by atoms with Gasteiger partial charge in [-0.2, -0.15) is 5.26 Å². The van der Waals surface area contributed by atoms with E-state index in [1.807, 2.05) is 55.6 Å². The highest BCUT2D eigenvalue weighted by molar-refractivity contribution is 7.98. The fourth-order valence-electron chi connectivity index (χ4n) is 7.35. The second-order valence-corrected chi connectivity index (χ2v) is 12.3. The third-order valence-electron chi connectivity index (χ3n) is 9.19. The molecule has 1 N–H and O–H groups in total. The number of amides is 1. The molecule has 8 nitrogen and oxygen atoms in total. The minimum Gasteiger partial charge on any atom is -0.468 e. The average Bonchev–Trinajstić information content (AvgIpc) is 3.72. The van der Waals surface area contributed by atoms with Gasteiger partial charge in [0.2, 0.25) is 0 Å². The van der Waals surface area contributed by atoms with E-state index in [0.717, 1.165) is 33.8 Å². The molecule has 1 saturated carbocycles. The van der Waals surface area contributed by atoms with Crippen molar-refractivity contribution in [3.8, 4) is 22.9 Å². The number of rotatable bonds is 8. The number of carboxylic acid groups (broad SMARTS) is 1. The summed E-state index contributed by atoms with van der Waals surface area (Å²) in [5.41, 5.74) is 3.89. The largest absolute Gasteiger partial charge is 0.468 e. The predicted octanol–water partition coefficient (Wildman–Crippen LogP) is 7.54. The average molecular weight is 611 g/mol. The highest BCUT2D eigenvalue weighted by atomic mass is 32.2. The molecule has 3 atom stereocenters. The SMILES string of the molecule is COCOc1cc(-c2c(CCC#N)cc3c(nc(SC)c4cc(C)n([C@H]5[C@@H]6C[C@H]5N(C(=O)O)C6)c43)c2F)c2ccccc2c1. The van der Waals surface area contributed by atoms with Gasteiger partial charge in [0, 0.05) is 48.0 Å². The number of nitriles is 1. The molecule has 3 fully saturated rings. The Hall–Kier alpha value is -4.33. The topological polar surface area (TPSA) is 101 Å². The molecule has 2 aromatic heterocycles. The molecule has 3 aliphatic rings. The van der Waals surface area contributed by atoms with Crippen LogP contribution in [0.2, 0.25) is 0 Å². The van der Waals surface area contributed by atoms with Crippen LogP contribution in [0, 0.1) is 30.0 Å². The summed E-state index contributed by atoms with van der Waals surface area (Å²) in [4.78, 5) is 18.4. The van der Waals surface area contributed by atoms with E-state index in [4.69, 9.17) is 14.5 Å². The van der Waals surface area contributed by atoms with E-state index in [1.54, 1.807) is 12.0 Å². The second-order valence-electron chi connectivity index (χ2n) is 11.5. The molecule has 2 bridgehead atoms. The van der Waals surface area contributed by atoms with Crippen molar-refractivity contribution in [1.29, 1.82) is 5.26 Å². The van der Waals surface area contributed by atoms with Crippen molar-refractivity contribution >= 4 is 50.4 Å². The molecular weight excluding hydrogens is 579 g/mol. The number of fused-ring (bicyclic) bond motifs is 5. The fraction of sp³-hybridized carbons (Fsp3) is 0.324. The van der Waals surface area contributed by atoms with Crippen LogP contribution in [0.25, 0.3) is 43.7 Å². The lowest BCUT2D eigenvalue weighted by molar-refractivity contribution is 0.0512. The molecule has 0 unspecified atom stereocenters. The van der Waals surface area contributed by atoms with Gasteiger partial charge in [-0.3, -0.25) is 0 Å². The molecule has 0 spiro atoms. The van der Waals surface area contributed by atoms with E-state index in [9.17, 15) is 15.2 Å². The van der Waals surface area contributed by atoms with Crippen molar-refractivity contribution < 1.29 is 23.8 Å². The van der Waals surface area contributed by atoms with Crippen LogP contribution >= 0.6 is 11.8 Å². The summed E-state index contributed by atoms with van der Waals surface area (Å²) in [6.45, 7) is 2.58. The van der Waals surface area contributed by atoms with Gasteiger partial charge < -0.3 is 24.0 Å². The Morgan fingerprint density at radius 1 is 1.20 bits per heavy atom. The van der Waals surface area contributed by atoms with Crippen molar-refractivity contribution in [3.63, 3.8) is 0 Å². The third-order valence-corrected chi connectivity index (χ3v) is 9.89. The number of benzene rings is 3. The number of halogens is 1. The molecule has 0 radical (unpaired) electrons. The summed E-state index contributed by atoms with van der Waals surface area (Å²) < 4.78 is 30.4. The van der Waals surface area contributed by atoms with Gasteiger partial charge in [-0.15, -0.1) is 11.8 Å². The number of pyridine rings is 1. The van der Waals surface area contributed by atoms with Crippen LogP contribution in [0.3, 0.4) is 0 Å². The van der Waals surface area contributed by atoms with Gasteiger partial charge in [-0.1, -0.05) is 24.3 Å². The lowest BCUT2D eigenvalue weighted by Crippen LogP contribution is -2.42. The molecule has 224 valence electrons. The van der Waals surface area contributed by atoms with E-state index in [-0.39, 0.29) is 36.7 Å². The number of hydrogen-bond donors (Lipinski definition) is 1. The molecule has 1 amide bonds.